The number of H-pyrrole nitrogens is 1. The van der Waals surface area contributed by atoms with Crippen molar-refractivity contribution in [2.45, 2.75) is 13.0 Å². The topological polar surface area (TPSA) is 79.8 Å². The van der Waals surface area contributed by atoms with Crippen LogP contribution in [-0.2, 0) is 6.54 Å². The molecule has 2 aromatic carbocycles. The Kier molecular flexibility index (Phi) is 4.23. The van der Waals surface area contributed by atoms with E-state index in [0.29, 0.717) is 24.2 Å². The van der Waals surface area contributed by atoms with Crippen molar-refractivity contribution in [1.82, 2.24) is 20.1 Å². The van der Waals surface area contributed by atoms with Crippen LogP contribution in [0.15, 0.2) is 65.6 Å². The van der Waals surface area contributed by atoms with Crippen molar-refractivity contribution < 1.29 is 4.79 Å². The zero-order valence-electron chi connectivity index (χ0n) is 14.1. The van der Waals surface area contributed by atoms with Crippen molar-refractivity contribution in [3.05, 3.63) is 76.7 Å². The van der Waals surface area contributed by atoms with Gasteiger partial charge in [-0.05, 0) is 18.6 Å². The average molecular weight is 346 g/mol. The number of fused-ring (bicyclic) bond motifs is 2. The summed E-state index contributed by atoms with van der Waals surface area (Å²) < 4.78 is 1.93. The molecular formula is C20H18N4O2. The Morgan fingerprint density at radius 3 is 2.85 bits per heavy atom. The van der Waals surface area contributed by atoms with Crippen LogP contribution < -0.4 is 10.9 Å². The van der Waals surface area contributed by atoms with Crippen LogP contribution in [0.2, 0.25) is 0 Å². The van der Waals surface area contributed by atoms with Crippen LogP contribution in [0.4, 0.5) is 0 Å². The summed E-state index contributed by atoms with van der Waals surface area (Å²) in [5.41, 5.74) is 1.86. The molecule has 6 heteroatoms. The number of aromatic nitrogens is 3. The van der Waals surface area contributed by atoms with Gasteiger partial charge in [0.15, 0.2) is 0 Å². The first-order valence-corrected chi connectivity index (χ1v) is 8.53. The van der Waals surface area contributed by atoms with E-state index in [1.165, 1.54) is 6.07 Å². The van der Waals surface area contributed by atoms with E-state index in [1.807, 2.05) is 53.3 Å². The van der Waals surface area contributed by atoms with Crippen molar-refractivity contribution in [3.8, 4) is 0 Å². The molecule has 0 saturated heterocycles. The van der Waals surface area contributed by atoms with Crippen LogP contribution in [0.1, 0.15) is 16.8 Å². The van der Waals surface area contributed by atoms with Crippen molar-refractivity contribution in [2.75, 3.05) is 6.54 Å². The third-order valence-corrected chi connectivity index (χ3v) is 4.38. The fraction of sp³-hybridized carbons (Fsp3) is 0.150. The summed E-state index contributed by atoms with van der Waals surface area (Å²) >= 11 is 0. The van der Waals surface area contributed by atoms with E-state index in [-0.39, 0.29) is 11.5 Å². The molecule has 0 saturated carbocycles. The van der Waals surface area contributed by atoms with Crippen LogP contribution >= 0.6 is 0 Å². The highest BCUT2D eigenvalue weighted by atomic mass is 16.2. The molecule has 0 aliphatic rings. The van der Waals surface area contributed by atoms with Gasteiger partial charge in [-0.3, -0.25) is 14.3 Å². The molecule has 0 aliphatic heterocycles. The highest BCUT2D eigenvalue weighted by molar-refractivity contribution is 6.05. The number of nitrogens with zero attached hydrogens (tertiary/aromatic N) is 2. The molecule has 0 radical (unpaired) electrons. The number of para-hydroxylation sites is 2. The van der Waals surface area contributed by atoms with Crippen LogP contribution in [-0.4, -0.2) is 27.2 Å². The summed E-state index contributed by atoms with van der Waals surface area (Å²) in [5, 5.41) is 9.12. The number of hydrogen-bond donors (Lipinski definition) is 2. The van der Waals surface area contributed by atoms with Crippen LogP contribution in [0.25, 0.3) is 21.8 Å². The molecule has 2 heterocycles. The van der Waals surface area contributed by atoms with Crippen molar-refractivity contribution in [3.63, 3.8) is 0 Å². The van der Waals surface area contributed by atoms with Crippen molar-refractivity contribution in [1.29, 1.82) is 0 Å². The molecule has 130 valence electrons. The van der Waals surface area contributed by atoms with Gasteiger partial charge in [-0.25, -0.2) is 0 Å². The van der Waals surface area contributed by atoms with E-state index < -0.39 is 0 Å². The second-order valence-corrected chi connectivity index (χ2v) is 6.13. The molecule has 0 unspecified atom stereocenters. The average Bonchev–Trinajstić information content (AvgIpc) is 3.07. The molecule has 0 aliphatic carbocycles. The van der Waals surface area contributed by atoms with Crippen LogP contribution in [0.3, 0.4) is 0 Å². The lowest BCUT2D eigenvalue weighted by atomic mass is 10.1. The number of amides is 1. The molecule has 4 rings (SSSR count). The summed E-state index contributed by atoms with van der Waals surface area (Å²) in [6.45, 7) is 1.22. The van der Waals surface area contributed by atoms with Gasteiger partial charge >= 0.3 is 0 Å². The molecule has 0 atom stereocenters. The van der Waals surface area contributed by atoms with E-state index in [0.717, 1.165) is 22.7 Å². The van der Waals surface area contributed by atoms with Crippen molar-refractivity contribution >= 4 is 27.7 Å². The van der Waals surface area contributed by atoms with E-state index in [4.69, 9.17) is 0 Å². The number of nitrogens with one attached hydrogen (secondary N) is 2. The van der Waals surface area contributed by atoms with Gasteiger partial charge in [-0.1, -0.05) is 36.4 Å². The standard InChI is InChI=1S/C20H18N4O2/c25-19-12-16(15-7-2-3-8-17(15)23-19)20(26)21-10-5-11-24-18-9-4-1-6-14(18)13-22-24/h1-4,6-9,12-13H,5,10-11H2,(H,21,26)(H,23,25). The zero-order valence-corrected chi connectivity index (χ0v) is 14.1. The second kappa shape index (κ2) is 6.84. The number of aromatic amines is 1. The minimum Gasteiger partial charge on any atom is -0.352 e. The quantitative estimate of drug-likeness (QED) is 0.545. The minimum atomic E-state index is -0.281. The molecular weight excluding hydrogens is 328 g/mol. The minimum absolute atomic E-state index is 0.238. The number of aryl methyl sites for hydroxylation is 1. The fourth-order valence-electron chi connectivity index (χ4n) is 3.12. The molecule has 4 aromatic rings. The molecule has 2 aromatic heterocycles. The number of pyridine rings is 1. The number of benzene rings is 2. The largest absolute Gasteiger partial charge is 0.352 e. The lowest BCUT2D eigenvalue weighted by molar-refractivity contribution is 0.0954. The Labute approximate surface area is 149 Å². The molecule has 2 N–H and O–H groups in total. The van der Waals surface area contributed by atoms with E-state index >= 15 is 0 Å². The van der Waals surface area contributed by atoms with Gasteiger partial charge in [0.2, 0.25) is 5.56 Å². The molecule has 26 heavy (non-hydrogen) atoms. The Balaban J connectivity index is 1.42. The maximum Gasteiger partial charge on any atom is 0.252 e. The number of hydrogen-bond acceptors (Lipinski definition) is 3. The van der Waals surface area contributed by atoms with Gasteiger partial charge in [0.05, 0.1) is 17.3 Å². The first-order valence-electron chi connectivity index (χ1n) is 8.53. The zero-order chi connectivity index (χ0) is 17.9. The van der Waals surface area contributed by atoms with Gasteiger partial charge in [0.25, 0.3) is 5.91 Å². The van der Waals surface area contributed by atoms with E-state index in [1.54, 1.807) is 6.07 Å². The SMILES string of the molecule is O=C(NCCCn1ncc2ccccc21)c1cc(=O)[nH]c2ccccc12. The number of carbonyl (C=O) groups excluding carboxylic acids is 1. The smallest absolute Gasteiger partial charge is 0.252 e. The Bertz CT molecular complexity index is 1140. The highest BCUT2D eigenvalue weighted by Crippen LogP contribution is 2.15. The van der Waals surface area contributed by atoms with Gasteiger partial charge in [0, 0.05) is 35.4 Å². The summed E-state index contributed by atoms with van der Waals surface area (Å²) in [7, 11) is 0. The maximum absolute atomic E-state index is 12.5. The third kappa shape index (κ3) is 3.09. The van der Waals surface area contributed by atoms with E-state index in [9.17, 15) is 9.59 Å². The lowest BCUT2D eigenvalue weighted by Gasteiger charge is -2.08. The van der Waals surface area contributed by atoms with Gasteiger partial charge in [-0.15, -0.1) is 0 Å². The molecule has 0 spiro atoms. The lowest BCUT2D eigenvalue weighted by Crippen LogP contribution is -2.27. The first kappa shape index (κ1) is 16.1. The number of rotatable bonds is 5. The fourth-order valence-corrected chi connectivity index (χ4v) is 3.12. The van der Waals surface area contributed by atoms with Gasteiger partial charge < -0.3 is 10.3 Å². The van der Waals surface area contributed by atoms with E-state index in [2.05, 4.69) is 15.4 Å². The summed E-state index contributed by atoms with van der Waals surface area (Å²) in [6.07, 6.45) is 2.59. The molecule has 1 amide bonds. The number of carbonyl (C=O) groups is 1. The third-order valence-electron chi connectivity index (χ3n) is 4.38. The van der Waals surface area contributed by atoms with Crippen molar-refractivity contribution in [2.24, 2.45) is 0 Å². The van der Waals surface area contributed by atoms with Gasteiger partial charge in [-0.2, -0.15) is 5.10 Å². The molecule has 0 fully saturated rings. The predicted molar refractivity (Wildman–Crippen MR) is 101 cm³/mol. The Morgan fingerprint density at radius 1 is 1.12 bits per heavy atom. The summed E-state index contributed by atoms with van der Waals surface area (Å²) in [4.78, 5) is 27.0. The maximum atomic E-state index is 12.5. The molecule has 6 nitrogen and oxygen atoms in total. The summed E-state index contributed by atoms with van der Waals surface area (Å²) in [6, 6.07) is 16.7. The first-order chi connectivity index (χ1) is 12.7. The summed E-state index contributed by atoms with van der Waals surface area (Å²) in [5.74, 6) is -0.238. The highest BCUT2D eigenvalue weighted by Gasteiger charge is 2.11. The Hall–Kier alpha value is -3.41. The Morgan fingerprint density at radius 2 is 1.92 bits per heavy atom. The van der Waals surface area contributed by atoms with Crippen LogP contribution in [0, 0.1) is 0 Å². The second-order valence-electron chi connectivity index (χ2n) is 6.13. The molecule has 0 bridgehead atoms. The van der Waals surface area contributed by atoms with Gasteiger partial charge in [0.1, 0.15) is 0 Å². The normalized spacial score (nSPS) is 11.1. The monoisotopic (exact) mass is 346 g/mol. The predicted octanol–water partition coefficient (Wildman–Crippen LogP) is 2.70. The van der Waals surface area contributed by atoms with Crippen LogP contribution in [0.5, 0.6) is 0 Å².